The molecule has 1 unspecified atom stereocenters. The average molecular weight is 189 g/mol. The largest absolute Gasteiger partial charge is 0.313 e. The van der Waals surface area contributed by atoms with Crippen LogP contribution in [0.2, 0.25) is 0 Å². The van der Waals surface area contributed by atoms with Crippen LogP contribution in [0.3, 0.4) is 0 Å². The van der Waals surface area contributed by atoms with E-state index in [9.17, 15) is 0 Å². The zero-order valence-electron chi connectivity index (χ0n) is 9.09. The van der Waals surface area contributed by atoms with Crippen molar-refractivity contribution in [3.63, 3.8) is 0 Å². The molecule has 0 heterocycles. The summed E-state index contributed by atoms with van der Waals surface area (Å²) in [6, 6.07) is 9.46. The molecular formula is C13H19N. The minimum absolute atomic E-state index is 0.558. The highest BCUT2D eigenvalue weighted by Crippen LogP contribution is 2.37. The van der Waals surface area contributed by atoms with Gasteiger partial charge in [0, 0.05) is 6.04 Å². The van der Waals surface area contributed by atoms with Gasteiger partial charge in [-0.2, -0.15) is 0 Å². The third-order valence-electron chi connectivity index (χ3n) is 3.09. The minimum atomic E-state index is 0.558. The molecule has 1 heteroatoms. The van der Waals surface area contributed by atoms with Crippen molar-refractivity contribution in [2.24, 2.45) is 5.92 Å². The standard InChI is InChI=1S/C13H19N/c1-10-3-7-12(8-4-10)13(14-2)9-11-5-6-11/h3-4,7-8,11,13-14H,5-6,9H2,1-2H3. The molecular weight excluding hydrogens is 170 g/mol. The Morgan fingerprint density at radius 1 is 1.29 bits per heavy atom. The van der Waals surface area contributed by atoms with Crippen molar-refractivity contribution in [1.82, 2.24) is 5.32 Å². The van der Waals surface area contributed by atoms with Crippen molar-refractivity contribution in [2.75, 3.05) is 7.05 Å². The second kappa shape index (κ2) is 4.14. The first-order valence-corrected chi connectivity index (χ1v) is 5.53. The van der Waals surface area contributed by atoms with E-state index in [1.54, 1.807) is 0 Å². The molecule has 1 aromatic rings. The lowest BCUT2D eigenvalue weighted by molar-refractivity contribution is 0.514. The SMILES string of the molecule is CNC(CC1CC1)c1ccc(C)cc1. The van der Waals surface area contributed by atoms with Crippen molar-refractivity contribution in [3.8, 4) is 0 Å². The quantitative estimate of drug-likeness (QED) is 0.767. The number of aryl methyl sites for hydroxylation is 1. The molecule has 1 fully saturated rings. The first-order chi connectivity index (χ1) is 6.79. The number of nitrogens with one attached hydrogen (secondary N) is 1. The molecule has 2 rings (SSSR count). The van der Waals surface area contributed by atoms with Crippen molar-refractivity contribution in [2.45, 2.75) is 32.2 Å². The summed E-state index contributed by atoms with van der Waals surface area (Å²) in [5, 5.41) is 3.41. The fourth-order valence-electron chi connectivity index (χ4n) is 1.91. The lowest BCUT2D eigenvalue weighted by Gasteiger charge is -2.16. The first kappa shape index (κ1) is 9.72. The van der Waals surface area contributed by atoms with Crippen molar-refractivity contribution >= 4 is 0 Å². The number of benzene rings is 1. The van der Waals surface area contributed by atoms with Crippen molar-refractivity contribution in [1.29, 1.82) is 0 Å². The molecule has 1 aliphatic rings. The molecule has 1 N–H and O–H groups in total. The van der Waals surface area contributed by atoms with Crippen LogP contribution in [0, 0.1) is 12.8 Å². The second-order valence-corrected chi connectivity index (χ2v) is 4.43. The number of rotatable bonds is 4. The smallest absolute Gasteiger partial charge is 0.0320 e. The Morgan fingerprint density at radius 2 is 1.93 bits per heavy atom. The van der Waals surface area contributed by atoms with E-state index in [1.165, 1.54) is 30.4 Å². The van der Waals surface area contributed by atoms with Crippen LogP contribution in [0.15, 0.2) is 24.3 Å². The molecule has 14 heavy (non-hydrogen) atoms. The van der Waals surface area contributed by atoms with Gasteiger partial charge in [0.25, 0.3) is 0 Å². The van der Waals surface area contributed by atoms with Gasteiger partial charge in [-0.15, -0.1) is 0 Å². The summed E-state index contributed by atoms with van der Waals surface area (Å²) < 4.78 is 0. The van der Waals surface area contributed by atoms with Gasteiger partial charge in [-0.25, -0.2) is 0 Å². The Kier molecular flexibility index (Phi) is 2.87. The van der Waals surface area contributed by atoms with Crippen LogP contribution in [0.1, 0.15) is 36.4 Å². The summed E-state index contributed by atoms with van der Waals surface area (Å²) in [5.74, 6) is 0.980. The Hall–Kier alpha value is -0.820. The van der Waals surface area contributed by atoms with Gasteiger partial charge in [-0.1, -0.05) is 42.7 Å². The number of hydrogen-bond donors (Lipinski definition) is 1. The topological polar surface area (TPSA) is 12.0 Å². The summed E-state index contributed by atoms with van der Waals surface area (Å²) in [5.41, 5.74) is 2.78. The zero-order valence-corrected chi connectivity index (χ0v) is 9.09. The molecule has 1 aliphatic carbocycles. The molecule has 1 aromatic carbocycles. The van der Waals surface area contributed by atoms with Crippen LogP contribution in [0.4, 0.5) is 0 Å². The summed E-state index contributed by atoms with van der Waals surface area (Å²) >= 11 is 0. The summed E-state index contributed by atoms with van der Waals surface area (Å²) in [6.07, 6.45) is 4.17. The maximum absolute atomic E-state index is 3.41. The highest BCUT2D eigenvalue weighted by molar-refractivity contribution is 5.24. The summed E-state index contributed by atoms with van der Waals surface area (Å²) in [7, 11) is 2.06. The molecule has 0 aromatic heterocycles. The predicted octanol–water partition coefficient (Wildman–Crippen LogP) is 3.06. The van der Waals surface area contributed by atoms with E-state index >= 15 is 0 Å². The van der Waals surface area contributed by atoms with Gasteiger partial charge < -0.3 is 5.32 Å². The highest BCUT2D eigenvalue weighted by atomic mass is 14.9. The van der Waals surface area contributed by atoms with E-state index in [0.29, 0.717) is 6.04 Å². The molecule has 1 nitrogen and oxygen atoms in total. The molecule has 1 saturated carbocycles. The van der Waals surface area contributed by atoms with E-state index < -0.39 is 0 Å². The Balaban J connectivity index is 2.05. The molecule has 0 radical (unpaired) electrons. The minimum Gasteiger partial charge on any atom is -0.313 e. The third kappa shape index (κ3) is 2.36. The molecule has 76 valence electrons. The first-order valence-electron chi connectivity index (χ1n) is 5.53. The molecule has 0 amide bonds. The maximum atomic E-state index is 3.41. The maximum Gasteiger partial charge on any atom is 0.0320 e. The summed E-state index contributed by atoms with van der Waals surface area (Å²) in [4.78, 5) is 0. The van der Waals surface area contributed by atoms with E-state index in [-0.39, 0.29) is 0 Å². The zero-order chi connectivity index (χ0) is 9.97. The van der Waals surface area contributed by atoms with Crippen LogP contribution in [0.5, 0.6) is 0 Å². The molecule has 0 aliphatic heterocycles. The van der Waals surface area contributed by atoms with E-state index in [1.807, 2.05) is 0 Å². The monoisotopic (exact) mass is 189 g/mol. The molecule has 1 atom stereocenters. The van der Waals surface area contributed by atoms with Crippen LogP contribution in [-0.2, 0) is 0 Å². The average Bonchev–Trinajstić information content (AvgIpc) is 3.00. The van der Waals surface area contributed by atoms with Gasteiger partial charge in [-0.05, 0) is 31.9 Å². The van der Waals surface area contributed by atoms with Crippen LogP contribution >= 0.6 is 0 Å². The van der Waals surface area contributed by atoms with E-state index in [2.05, 4.69) is 43.6 Å². The highest BCUT2D eigenvalue weighted by Gasteiger charge is 2.25. The Morgan fingerprint density at radius 3 is 2.43 bits per heavy atom. The Bertz CT molecular complexity index is 285. The van der Waals surface area contributed by atoms with Gasteiger partial charge in [0.05, 0.1) is 0 Å². The molecule has 0 spiro atoms. The third-order valence-corrected chi connectivity index (χ3v) is 3.09. The molecule has 0 saturated heterocycles. The lowest BCUT2D eigenvalue weighted by Crippen LogP contribution is -2.16. The van der Waals surface area contributed by atoms with E-state index in [0.717, 1.165) is 5.92 Å². The van der Waals surface area contributed by atoms with Crippen molar-refractivity contribution in [3.05, 3.63) is 35.4 Å². The van der Waals surface area contributed by atoms with Gasteiger partial charge in [0.15, 0.2) is 0 Å². The normalized spacial score (nSPS) is 18.1. The van der Waals surface area contributed by atoms with E-state index in [4.69, 9.17) is 0 Å². The lowest BCUT2D eigenvalue weighted by atomic mass is 10.0. The van der Waals surface area contributed by atoms with Gasteiger partial charge >= 0.3 is 0 Å². The fraction of sp³-hybridized carbons (Fsp3) is 0.538. The fourth-order valence-corrected chi connectivity index (χ4v) is 1.91. The predicted molar refractivity (Wildman–Crippen MR) is 60.3 cm³/mol. The van der Waals surface area contributed by atoms with Gasteiger partial charge in [0.2, 0.25) is 0 Å². The van der Waals surface area contributed by atoms with Crippen LogP contribution in [-0.4, -0.2) is 7.05 Å². The van der Waals surface area contributed by atoms with Gasteiger partial charge in [-0.3, -0.25) is 0 Å². The van der Waals surface area contributed by atoms with Gasteiger partial charge in [0.1, 0.15) is 0 Å². The number of hydrogen-bond acceptors (Lipinski definition) is 1. The van der Waals surface area contributed by atoms with Crippen LogP contribution in [0.25, 0.3) is 0 Å². The van der Waals surface area contributed by atoms with Crippen molar-refractivity contribution < 1.29 is 0 Å². The second-order valence-electron chi connectivity index (χ2n) is 4.43. The van der Waals surface area contributed by atoms with Crippen LogP contribution < -0.4 is 5.32 Å². The summed E-state index contributed by atoms with van der Waals surface area (Å²) in [6.45, 7) is 2.14. The molecule has 0 bridgehead atoms. The Labute approximate surface area is 86.5 Å².